The van der Waals surface area contributed by atoms with Crippen LogP contribution in [0.15, 0.2) is 23.1 Å². The zero-order valence-electron chi connectivity index (χ0n) is 13.2. The van der Waals surface area contributed by atoms with Gasteiger partial charge in [0.1, 0.15) is 12.1 Å². The van der Waals surface area contributed by atoms with Gasteiger partial charge < -0.3 is 9.84 Å². The van der Waals surface area contributed by atoms with Crippen LogP contribution in [-0.4, -0.2) is 35.8 Å². The third-order valence-corrected chi connectivity index (χ3v) is 3.75. The molecule has 0 aliphatic carbocycles. The largest absolute Gasteiger partial charge is 0.336 e. The van der Waals surface area contributed by atoms with Gasteiger partial charge in [0.15, 0.2) is 5.65 Å². The Balaban J connectivity index is 1.81. The lowest BCUT2D eigenvalue weighted by atomic mass is 10.1. The van der Waals surface area contributed by atoms with E-state index >= 15 is 0 Å². The van der Waals surface area contributed by atoms with Crippen LogP contribution in [-0.2, 0) is 7.05 Å². The van der Waals surface area contributed by atoms with Crippen LogP contribution in [0.25, 0.3) is 22.1 Å². The monoisotopic (exact) mass is 323 g/mol. The second kappa shape index (κ2) is 5.08. The number of aryl methyl sites for hydroxylation is 3. The number of aromatic nitrogens is 6. The van der Waals surface area contributed by atoms with E-state index in [1.807, 2.05) is 0 Å². The average molecular weight is 323 g/mol. The fraction of sp³-hybridized carbons (Fsp3) is 0.200. The Kier molecular flexibility index (Phi) is 3.02. The molecule has 4 rings (SSSR count). The zero-order chi connectivity index (χ0) is 16.8. The van der Waals surface area contributed by atoms with Crippen LogP contribution in [0.5, 0.6) is 0 Å². The van der Waals surface area contributed by atoms with Crippen molar-refractivity contribution < 1.29 is 9.32 Å². The van der Waals surface area contributed by atoms with E-state index in [-0.39, 0.29) is 5.91 Å². The number of amides is 1. The topological polar surface area (TPSA) is 112 Å². The summed E-state index contributed by atoms with van der Waals surface area (Å²) in [4.78, 5) is 25.3. The molecule has 0 unspecified atom stereocenters. The first-order valence-corrected chi connectivity index (χ1v) is 7.22. The molecule has 0 saturated heterocycles. The fourth-order valence-electron chi connectivity index (χ4n) is 2.63. The average Bonchev–Trinajstić information content (AvgIpc) is 3.11. The summed E-state index contributed by atoms with van der Waals surface area (Å²) in [6.45, 7) is 3.56. The summed E-state index contributed by atoms with van der Waals surface area (Å²) in [5.41, 5.74) is 2.69. The van der Waals surface area contributed by atoms with Crippen LogP contribution in [0.4, 0.5) is 5.82 Å². The molecule has 4 heterocycles. The molecular weight excluding hydrogens is 310 g/mol. The van der Waals surface area contributed by atoms with Crippen molar-refractivity contribution in [2.75, 3.05) is 5.32 Å². The molecule has 1 N–H and O–H groups in total. The zero-order valence-corrected chi connectivity index (χ0v) is 13.2. The van der Waals surface area contributed by atoms with Gasteiger partial charge in [-0.3, -0.25) is 9.48 Å². The van der Waals surface area contributed by atoms with Crippen LogP contribution in [0, 0.1) is 13.8 Å². The maximum atomic E-state index is 12.8. The van der Waals surface area contributed by atoms with E-state index in [0.29, 0.717) is 44.9 Å². The molecule has 4 aromatic heterocycles. The summed E-state index contributed by atoms with van der Waals surface area (Å²) in [7, 11) is 1.78. The summed E-state index contributed by atoms with van der Waals surface area (Å²) in [5.74, 6) is 0.0791. The number of anilines is 1. The van der Waals surface area contributed by atoms with Gasteiger partial charge in [-0.05, 0) is 19.9 Å². The number of hydrogen-bond acceptors (Lipinski definition) is 7. The van der Waals surface area contributed by atoms with Gasteiger partial charge >= 0.3 is 0 Å². The van der Waals surface area contributed by atoms with E-state index in [0.717, 1.165) is 0 Å². The lowest BCUT2D eigenvalue weighted by Crippen LogP contribution is -2.14. The molecule has 0 aromatic carbocycles. The minimum absolute atomic E-state index is 0.319. The number of nitrogens with one attached hydrogen (secondary N) is 1. The second-order valence-corrected chi connectivity index (χ2v) is 5.44. The molecule has 0 atom stereocenters. The maximum Gasteiger partial charge on any atom is 0.258 e. The van der Waals surface area contributed by atoms with E-state index in [9.17, 15) is 4.79 Å². The highest BCUT2D eigenvalue weighted by molar-refractivity contribution is 6.13. The van der Waals surface area contributed by atoms with Crippen LogP contribution in [0.3, 0.4) is 0 Å². The molecule has 0 aliphatic heterocycles. The Morgan fingerprint density at radius 2 is 2.12 bits per heavy atom. The van der Waals surface area contributed by atoms with Gasteiger partial charge in [0.25, 0.3) is 11.6 Å². The molecular formula is C15H13N7O2. The number of hydrogen-bond donors (Lipinski definition) is 1. The van der Waals surface area contributed by atoms with Crippen molar-refractivity contribution in [2.24, 2.45) is 7.05 Å². The Labute approximate surface area is 135 Å². The Morgan fingerprint density at radius 1 is 1.29 bits per heavy atom. The first-order chi connectivity index (χ1) is 11.5. The predicted octanol–water partition coefficient (Wildman–Crippen LogP) is 1.77. The summed E-state index contributed by atoms with van der Waals surface area (Å²) in [5, 5.41) is 12.1. The highest BCUT2D eigenvalue weighted by atomic mass is 16.5. The molecule has 0 fully saturated rings. The van der Waals surface area contributed by atoms with Gasteiger partial charge in [-0.2, -0.15) is 5.10 Å². The third kappa shape index (κ3) is 2.09. The van der Waals surface area contributed by atoms with Crippen molar-refractivity contribution in [3.05, 3.63) is 35.5 Å². The highest BCUT2D eigenvalue weighted by Crippen LogP contribution is 2.24. The van der Waals surface area contributed by atoms with Crippen molar-refractivity contribution in [1.82, 2.24) is 29.9 Å². The standard InChI is InChI=1S/C15H13N7O2/c1-7-4-9(11-8(2)21-24-15(11)19-7)14(23)20-12-10-5-18-22(3)13(10)17-6-16-12/h4-6H,1-3H3,(H,16,17,20,23). The van der Waals surface area contributed by atoms with Crippen molar-refractivity contribution in [3.8, 4) is 0 Å². The number of fused-ring (bicyclic) bond motifs is 2. The second-order valence-electron chi connectivity index (χ2n) is 5.44. The number of carbonyl (C=O) groups excluding carboxylic acids is 1. The van der Waals surface area contributed by atoms with Crippen molar-refractivity contribution >= 4 is 33.9 Å². The number of carbonyl (C=O) groups is 1. The van der Waals surface area contributed by atoms with Gasteiger partial charge in [-0.25, -0.2) is 15.0 Å². The van der Waals surface area contributed by atoms with E-state index in [2.05, 4.69) is 30.5 Å². The number of pyridine rings is 1. The van der Waals surface area contributed by atoms with Gasteiger partial charge in [0.2, 0.25) is 0 Å². The Bertz CT molecular complexity index is 1100. The normalized spacial score (nSPS) is 11.3. The number of rotatable bonds is 2. The molecule has 120 valence electrons. The van der Waals surface area contributed by atoms with Crippen molar-refractivity contribution in [1.29, 1.82) is 0 Å². The molecule has 0 aliphatic rings. The quantitative estimate of drug-likeness (QED) is 0.598. The SMILES string of the molecule is Cc1cc(C(=O)Nc2ncnc3c2cnn3C)c2c(C)noc2n1. The Hall–Kier alpha value is -3.36. The molecule has 0 radical (unpaired) electrons. The third-order valence-electron chi connectivity index (χ3n) is 3.75. The number of nitrogens with zero attached hydrogens (tertiary/aromatic N) is 6. The molecule has 4 aromatic rings. The lowest BCUT2D eigenvalue weighted by molar-refractivity contribution is 0.102. The molecule has 24 heavy (non-hydrogen) atoms. The lowest BCUT2D eigenvalue weighted by Gasteiger charge is -2.07. The highest BCUT2D eigenvalue weighted by Gasteiger charge is 2.19. The predicted molar refractivity (Wildman–Crippen MR) is 85.5 cm³/mol. The summed E-state index contributed by atoms with van der Waals surface area (Å²) < 4.78 is 6.78. The van der Waals surface area contributed by atoms with E-state index in [1.165, 1.54) is 6.33 Å². The van der Waals surface area contributed by atoms with Gasteiger partial charge in [-0.1, -0.05) is 5.16 Å². The summed E-state index contributed by atoms with van der Waals surface area (Å²) in [6.07, 6.45) is 3.00. The smallest absolute Gasteiger partial charge is 0.258 e. The molecule has 9 heteroatoms. The Morgan fingerprint density at radius 3 is 2.96 bits per heavy atom. The molecule has 0 saturated carbocycles. The molecule has 9 nitrogen and oxygen atoms in total. The van der Waals surface area contributed by atoms with Crippen LogP contribution >= 0.6 is 0 Å². The molecule has 1 amide bonds. The maximum absolute atomic E-state index is 12.8. The minimum Gasteiger partial charge on any atom is -0.336 e. The van der Waals surface area contributed by atoms with Gasteiger partial charge in [0, 0.05) is 12.7 Å². The van der Waals surface area contributed by atoms with Crippen molar-refractivity contribution in [3.63, 3.8) is 0 Å². The van der Waals surface area contributed by atoms with Crippen molar-refractivity contribution in [2.45, 2.75) is 13.8 Å². The summed E-state index contributed by atoms with van der Waals surface area (Å²) >= 11 is 0. The van der Waals surface area contributed by atoms with E-state index < -0.39 is 0 Å². The molecule has 0 bridgehead atoms. The van der Waals surface area contributed by atoms with Gasteiger partial charge in [0.05, 0.1) is 28.2 Å². The first kappa shape index (κ1) is 14.2. The van der Waals surface area contributed by atoms with Crippen LogP contribution in [0.2, 0.25) is 0 Å². The van der Waals surface area contributed by atoms with Crippen LogP contribution < -0.4 is 5.32 Å². The van der Waals surface area contributed by atoms with Crippen LogP contribution in [0.1, 0.15) is 21.7 Å². The summed E-state index contributed by atoms with van der Waals surface area (Å²) in [6, 6.07) is 1.70. The fourth-order valence-corrected chi connectivity index (χ4v) is 2.63. The van der Waals surface area contributed by atoms with Gasteiger partial charge in [-0.15, -0.1) is 0 Å². The minimum atomic E-state index is -0.319. The molecule has 0 spiro atoms. The van der Waals surface area contributed by atoms with E-state index in [4.69, 9.17) is 4.52 Å². The first-order valence-electron chi connectivity index (χ1n) is 7.22. The van der Waals surface area contributed by atoms with E-state index in [1.54, 1.807) is 37.8 Å².